The summed E-state index contributed by atoms with van der Waals surface area (Å²) in [7, 11) is 0. The normalized spacial score (nSPS) is 10.8. The largest absolute Gasteiger partial charge is 0.433 e. The van der Waals surface area contributed by atoms with Crippen molar-refractivity contribution in [2.24, 2.45) is 0 Å². The second-order valence-electron chi connectivity index (χ2n) is 3.20. The summed E-state index contributed by atoms with van der Waals surface area (Å²) in [5, 5.41) is -0.670. The van der Waals surface area contributed by atoms with Gasteiger partial charge in [0.25, 0.3) is 5.89 Å². The van der Waals surface area contributed by atoms with Gasteiger partial charge in [0, 0.05) is 0 Å². The lowest BCUT2D eigenvalue weighted by Gasteiger charge is -1.96. The second kappa shape index (κ2) is 3.10. The van der Waals surface area contributed by atoms with Crippen molar-refractivity contribution in [3.8, 4) is 0 Å². The summed E-state index contributed by atoms with van der Waals surface area (Å²) >= 11 is 5.26. The Labute approximate surface area is 85.7 Å². The smallest absolute Gasteiger partial charge is 0.307 e. The maximum atomic E-state index is 10.8. The van der Waals surface area contributed by atoms with E-state index in [0.29, 0.717) is 11.1 Å². The minimum atomic E-state index is -0.670. The third kappa shape index (κ3) is 1.40. The molecule has 0 aliphatic carbocycles. The minimum Gasteiger partial charge on any atom is -0.433 e. The summed E-state index contributed by atoms with van der Waals surface area (Å²) in [6, 6.07) is 3.72. The van der Waals surface area contributed by atoms with E-state index in [-0.39, 0.29) is 5.89 Å². The van der Waals surface area contributed by atoms with E-state index in [4.69, 9.17) is 16.0 Å². The fourth-order valence-corrected chi connectivity index (χ4v) is 1.34. The zero-order valence-electron chi connectivity index (χ0n) is 7.80. The molecule has 0 N–H and O–H groups in total. The highest BCUT2D eigenvalue weighted by Crippen LogP contribution is 2.20. The van der Waals surface area contributed by atoms with E-state index in [9.17, 15) is 4.79 Å². The molecular formula is C10H8ClNO2. The van der Waals surface area contributed by atoms with Crippen LogP contribution in [-0.4, -0.2) is 10.2 Å². The van der Waals surface area contributed by atoms with E-state index in [1.165, 1.54) is 0 Å². The molecule has 0 fully saturated rings. The Hall–Kier alpha value is -1.35. The number of nitrogens with zero attached hydrogens (tertiary/aromatic N) is 1. The Bertz CT molecular complexity index is 477. The zero-order valence-corrected chi connectivity index (χ0v) is 8.55. The van der Waals surface area contributed by atoms with Crippen LogP contribution in [0.2, 0.25) is 0 Å². The van der Waals surface area contributed by atoms with Crippen LogP contribution in [0.1, 0.15) is 21.8 Å². The fraction of sp³-hybridized carbons (Fsp3) is 0.200. The van der Waals surface area contributed by atoms with Crippen LogP contribution in [0.3, 0.4) is 0 Å². The molecule has 72 valence electrons. The van der Waals surface area contributed by atoms with E-state index in [2.05, 4.69) is 4.98 Å². The third-order valence-electron chi connectivity index (χ3n) is 2.17. The number of carbonyl (C=O) groups is 1. The van der Waals surface area contributed by atoms with Crippen molar-refractivity contribution in [2.45, 2.75) is 13.8 Å². The molecule has 1 aromatic heterocycles. The molecule has 4 heteroatoms. The predicted molar refractivity (Wildman–Crippen MR) is 53.7 cm³/mol. The number of halogens is 1. The van der Waals surface area contributed by atoms with Gasteiger partial charge in [0.1, 0.15) is 5.52 Å². The van der Waals surface area contributed by atoms with E-state index < -0.39 is 5.24 Å². The molecule has 0 aliphatic heterocycles. The molecule has 1 aromatic carbocycles. The molecule has 0 atom stereocenters. The number of aryl methyl sites for hydroxylation is 2. The van der Waals surface area contributed by atoms with Gasteiger partial charge < -0.3 is 4.42 Å². The Morgan fingerprint density at radius 3 is 2.64 bits per heavy atom. The molecule has 0 saturated carbocycles. The lowest BCUT2D eigenvalue weighted by molar-refractivity contribution is 0.105. The van der Waals surface area contributed by atoms with Gasteiger partial charge in [0.05, 0.1) is 0 Å². The van der Waals surface area contributed by atoms with Crippen molar-refractivity contribution in [1.29, 1.82) is 0 Å². The van der Waals surface area contributed by atoms with Gasteiger partial charge in [-0.3, -0.25) is 4.79 Å². The van der Waals surface area contributed by atoms with Crippen molar-refractivity contribution in [3.63, 3.8) is 0 Å². The van der Waals surface area contributed by atoms with Crippen LogP contribution in [0.25, 0.3) is 11.1 Å². The van der Waals surface area contributed by atoms with Crippen molar-refractivity contribution in [3.05, 3.63) is 29.2 Å². The van der Waals surface area contributed by atoms with Gasteiger partial charge in [0.2, 0.25) is 0 Å². The summed E-state index contributed by atoms with van der Waals surface area (Å²) in [6.45, 7) is 3.95. The second-order valence-corrected chi connectivity index (χ2v) is 3.54. The van der Waals surface area contributed by atoms with Crippen LogP contribution < -0.4 is 0 Å². The van der Waals surface area contributed by atoms with Gasteiger partial charge in [-0.2, -0.15) is 0 Å². The highest BCUT2D eigenvalue weighted by Gasteiger charge is 2.12. The van der Waals surface area contributed by atoms with Crippen molar-refractivity contribution < 1.29 is 9.21 Å². The Morgan fingerprint density at radius 2 is 2.00 bits per heavy atom. The van der Waals surface area contributed by atoms with Crippen LogP contribution in [0.5, 0.6) is 0 Å². The first-order valence-corrected chi connectivity index (χ1v) is 4.53. The van der Waals surface area contributed by atoms with Crippen LogP contribution in [-0.2, 0) is 0 Å². The predicted octanol–water partition coefficient (Wildman–Crippen LogP) is 2.82. The maximum absolute atomic E-state index is 10.8. The van der Waals surface area contributed by atoms with E-state index in [1.54, 1.807) is 0 Å². The number of fused-ring (bicyclic) bond motifs is 1. The lowest BCUT2D eigenvalue weighted by atomic mass is 10.1. The van der Waals surface area contributed by atoms with E-state index >= 15 is 0 Å². The summed E-state index contributed by atoms with van der Waals surface area (Å²) in [5.74, 6) is -0.0494. The van der Waals surface area contributed by atoms with Crippen molar-refractivity contribution in [1.82, 2.24) is 4.98 Å². The number of rotatable bonds is 1. The van der Waals surface area contributed by atoms with Crippen molar-refractivity contribution in [2.75, 3.05) is 0 Å². The molecule has 0 radical (unpaired) electrons. The Morgan fingerprint density at radius 1 is 1.36 bits per heavy atom. The maximum Gasteiger partial charge on any atom is 0.307 e. The topological polar surface area (TPSA) is 43.1 Å². The summed E-state index contributed by atoms with van der Waals surface area (Å²) in [6.07, 6.45) is 0. The Balaban J connectivity index is 2.72. The first-order chi connectivity index (χ1) is 6.58. The first-order valence-electron chi connectivity index (χ1n) is 4.15. The number of aromatic nitrogens is 1. The fourth-order valence-electron chi connectivity index (χ4n) is 1.26. The monoisotopic (exact) mass is 209 g/mol. The standard InChI is InChI=1S/C10H8ClNO2/c1-5-3-7-8(4-6(5)2)14-10(12-7)9(11)13/h3-4H,1-2H3. The highest BCUT2D eigenvalue weighted by molar-refractivity contribution is 6.67. The molecule has 2 rings (SSSR count). The van der Waals surface area contributed by atoms with Crippen LogP contribution >= 0.6 is 11.6 Å². The molecule has 14 heavy (non-hydrogen) atoms. The number of carbonyl (C=O) groups excluding carboxylic acids is 1. The molecule has 0 spiro atoms. The number of oxazole rings is 1. The SMILES string of the molecule is Cc1cc2nc(C(=O)Cl)oc2cc1C. The zero-order chi connectivity index (χ0) is 10.3. The summed E-state index contributed by atoms with van der Waals surface area (Å²) in [5.41, 5.74) is 3.47. The molecule has 0 saturated heterocycles. The summed E-state index contributed by atoms with van der Waals surface area (Å²) in [4.78, 5) is 14.8. The van der Waals surface area contributed by atoms with E-state index in [1.807, 2.05) is 26.0 Å². The number of hydrogen-bond acceptors (Lipinski definition) is 3. The average molecular weight is 210 g/mol. The lowest BCUT2D eigenvalue weighted by Crippen LogP contribution is -1.86. The van der Waals surface area contributed by atoms with Gasteiger partial charge in [-0.15, -0.1) is 0 Å². The molecular weight excluding hydrogens is 202 g/mol. The molecule has 0 amide bonds. The van der Waals surface area contributed by atoms with Gasteiger partial charge in [-0.1, -0.05) is 0 Å². The highest BCUT2D eigenvalue weighted by atomic mass is 35.5. The summed E-state index contributed by atoms with van der Waals surface area (Å²) < 4.78 is 5.17. The average Bonchev–Trinajstić information content (AvgIpc) is 2.48. The molecule has 2 aromatic rings. The molecule has 0 bridgehead atoms. The Kier molecular flexibility index (Phi) is 2.04. The van der Waals surface area contributed by atoms with Crippen LogP contribution in [0.4, 0.5) is 0 Å². The van der Waals surface area contributed by atoms with Gasteiger partial charge in [-0.05, 0) is 48.7 Å². The molecule has 1 heterocycles. The van der Waals surface area contributed by atoms with Crippen LogP contribution in [0.15, 0.2) is 16.5 Å². The van der Waals surface area contributed by atoms with Crippen molar-refractivity contribution >= 4 is 27.9 Å². The number of benzene rings is 1. The molecule has 3 nitrogen and oxygen atoms in total. The van der Waals surface area contributed by atoms with Gasteiger partial charge in [-0.25, -0.2) is 4.98 Å². The quantitative estimate of drug-likeness (QED) is 0.679. The third-order valence-corrected chi connectivity index (χ3v) is 2.33. The van der Waals surface area contributed by atoms with Gasteiger partial charge >= 0.3 is 5.24 Å². The minimum absolute atomic E-state index is 0.0494. The molecule has 0 aliphatic rings. The first kappa shape index (κ1) is 9.21. The van der Waals surface area contributed by atoms with Crippen LogP contribution in [0, 0.1) is 13.8 Å². The molecule has 0 unspecified atom stereocenters. The number of hydrogen-bond donors (Lipinski definition) is 0. The van der Waals surface area contributed by atoms with E-state index in [0.717, 1.165) is 11.1 Å². The van der Waals surface area contributed by atoms with Gasteiger partial charge in [0.15, 0.2) is 5.58 Å².